The van der Waals surface area contributed by atoms with E-state index in [4.69, 9.17) is 0 Å². The standard InChI is InChI=1S/C12H15NO2S2/c1-7-12(15)13-9-5-8(10(14)6-16-2)3-4-11(9)17-7/h3-5,7,10,14H,6H2,1-2H3,(H,13,15). The minimum absolute atomic E-state index is 0.0269. The van der Waals surface area contributed by atoms with Crippen molar-refractivity contribution in [1.29, 1.82) is 0 Å². The Hall–Kier alpha value is -0.650. The maximum Gasteiger partial charge on any atom is 0.237 e. The van der Waals surface area contributed by atoms with Crippen LogP contribution in [0, 0.1) is 0 Å². The molecule has 0 fully saturated rings. The molecule has 1 aliphatic heterocycles. The number of rotatable bonds is 3. The van der Waals surface area contributed by atoms with Gasteiger partial charge in [-0.2, -0.15) is 11.8 Å². The van der Waals surface area contributed by atoms with E-state index in [0.29, 0.717) is 5.75 Å². The normalized spacial score (nSPS) is 20.6. The summed E-state index contributed by atoms with van der Waals surface area (Å²) in [6.45, 7) is 1.89. The number of thioether (sulfide) groups is 2. The average Bonchev–Trinajstić information content (AvgIpc) is 2.30. The van der Waals surface area contributed by atoms with E-state index in [9.17, 15) is 9.90 Å². The Morgan fingerprint density at radius 2 is 2.35 bits per heavy atom. The van der Waals surface area contributed by atoms with Crippen molar-refractivity contribution in [3.8, 4) is 0 Å². The molecule has 92 valence electrons. The first-order valence-electron chi connectivity index (χ1n) is 5.40. The van der Waals surface area contributed by atoms with Crippen molar-refractivity contribution in [2.45, 2.75) is 23.2 Å². The summed E-state index contributed by atoms with van der Waals surface area (Å²) in [4.78, 5) is 12.6. The van der Waals surface area contributed by atoms with Gasteiger partial charge in [-0.05, 0) is 30.9 Å². The summed E-state index contributed by atoms with van der Waals surface area (Å²) >= 11 is 3.16. The van der Waals surface area contributed by atoms with E-state index in [1.54, 1.807) is 23.5 Å². The highest BCUT2D eigenvalue weighted by molar-refractivity contribution is 8.01. The summed E-state index contributed by atoms with van der Waals surface area (Å²) in [7, 11) is 0. The molecule has 3 nitrogen and oxygen atoms in total. The number of amides is 1. The molecule has 1 aliphatic rings. The van der Waals surface area contributed by atoms with Gasteiger partial charge in [-0.25, -0.2) is 0 Å². The molecule has 1 amide bonds. The summed E-state index contributed by atoms with van der Waals surface area (Å²) in [6.07, 6.45) is 1.48. The van der Waals surface area contributed by atoms with E-state index in [2.05, 4.69) is 5.32 Å². The summed E-state index contributed by atoms with van der Waals surface area (Å²) < 4.78 is 0. The van der Waals surface area contributed by atoms with Crippen molar-refractivity contribution < 1.29 is 9.90 Å². The SMILES string of the molecule is CSCC(O)c1ccc2c(c1)NC(=O)C(C)S2. The van der Waals surface area contributed by atoms with Crippen molar-refractivity contribution in [3.63, 3.8) is 0 Å². The van der Waals surface area contributed by atoms with Gasteiger partial charge in [-0.3, -0.25) is 4.79 Å². The molecule has 17 heavy (non-hydrogen) atoms. The van der Waals surface area contributed by atoms with Gasteiger partial charge >= 0.3 is 0 Å². The van der Waals surface area contributed by atoms with E-state index in [1.165, 1.54) is 0 Å². The summed E-state index contributed by atoms with van der Waals surface area (Å²) in [5, 5.41) is 12.7. The van der Waals surface area contributed by atoms with Gasteiger partial charge in [0, 0.05) is 10.6 Å². The minimum atomic E-state index is -0.475. The van der Waals surface area contributed by atoms with Crippen LogP contribution in [0.2, 0.25) is 0 Å². The molecule has 1 heterocycles. The number of carbonyl (C=O) groups excluding carboxylic acids is 1. The van der Waals surface area contributed by atoms with E-state index in [-0.39, 0.29) is 11.2 Å². The highest BCUT2D eigenvalue weighted by atomic mass is 32.2. The first kappa shape index (κ1) is 12.8. The number of hydrogen-bond acceptors (Lipinski definition) is 4. The van der Waals surface area contributed by atoms with Gasteiger partial charge in [0.1, 0.15) is 0 Å². The van der Waals surface area contributed by atoms with Crippen LogP contribution in [0.25, 0.3) is 0 Å². The lowest BCUT2D eigenvalue weighted by Gasteiger charge is -2.22. The van der Waals surface area contributed by atoms with Crippen LogP contribution in [0.5, 0.6) is 0 Å². The molecule has 2 unspecified atom stereocenters. The Morgan fingerprint density at radius 3 is 3.06 bits per heavy atom. The van der Waals surface area contributed by atoms with Crippen LogP contribution in [0.15, 0.2) is 23.1 Å². The fourth-order valence-corrected chi connectivity index (χ4v) is 3.13. The number of benzene rings is 1. The van der Waals surface area contributed by atoms with E-state index >= 15 is 0 Å². The van der Waals surface area contributed by atoms with E-state index in [0.717, 1.165) is 16.1 Å². The molecule has 2 N–H and O–H groups in total. The Bertz CT molecular complexity index is 437. The molecule has 0 aromatic heterocycles. The Morgan fingerprint density at radius 1 is 1.59 bits per heavy atom. The van der Waals surface area contributed by atoms with E-state index < -0.39 is 6.10 Å². The topological polar surface area (TPSA) is 49.3 Å². The number of hydrogen-bond donors (Lipinski definition) is 2. The van der Waals surface area contributed by atoms with Gasteiger partial charge in [0.25, 0.3) is 0 Å². The average molecular weight is 269 g/mol. The predicted octanol–water partition coefficient (Wildman–Crippen LogP) is 2.52. The van der Waals surface area contributed by atoms with Gasteiger partial charge in [0.2, 0.25) is 5.91 Å². The summed E-state index contributed by atoms with van der Waals surface area (Å²) in [5.41, 5.74) is 1.67. The second kappa shape index (κ2) is 5.33. The lowest BCUT2D eigenvalue weighted by molar-refractivity contribution is -0.115. The molecule has 0 spiro atoms. The number of aliphatic hydroxyl groups excluding tert-OH is 1. The third-order valence-electron chi connectivity index (χ3n) is 2.64. The molecule has 2 rings (SSSR count). The first-order valence-corrected chi connectivity index (χ1v) is 7.67. The van der Waals surface area contributed by atoms with Crippen molar-refractivity contribution in [1.82, 2.24) is 0 Å². The number of anilines is 1. The Labute approximate surface area is 109 Å². The molecular formula is C12H15NO2S2. The monoisotopic (exact) mass is 269 g/mol. The van der Waals surface area contributed by atoms with Crippen LogP contribution in [0.1, 0.15) is 18.6 Å². The van der Waals surface area contributed by atoms with Crippen molar-refractivity contribution in [2.75, 3.05) is 17.3 Å². The number of fused-ring (bicyclic) bond motifs is 1. The first-order chi connectivity index (χ1) is 8.11. The quantitative estimate of drug-likeness (QED) is 0.885. The summed E-state index contributed by atoms with van der Waals surface area (Å²) in [5.74, 6) is 0.690. The van der Waals surface area contributed by atoms with Gasteiger partial charge in [-0.1, -0.05) is 6.07 Å². The van der Waals surface area contributed by atoms with Gasteiger partial charge in [0.05, 0.1) is 17.0 Å². The predicted molar refractivity (Wildman–Crippen MR) is 73.7 cm³/mol. The number of nitrogens with one attached hydrogen (secondary N) is 1. The Balaban J connectivity index is 2.25. The molecule has 1 aromatic rings. The lowest BCUT2D eigenvalue weighted by atomic mass is 10.1. The second-order valence-corrected chi connectivity index (χ2v) is 6.27. The maximum absolute atomic E-state index is 11.6. The number of carbonyl (C=O) groups is 1. The Kier molecular flexibility index (Phi) is 4.01. The molecule has 1 aromatic carbocycles. The molecule has 0 saturated carbocycles. The van der Waals surface area contributed by atoms with Crippen LogP contribution in [-0.2, 0) is 4.79 Å². The smallest absolute Gasteiger partial charge is 0.237 e. The van der Waals surface area contributed by atoms with E-state index in [1.807, 2.05) is 31.4 Å². The highest BCUT2D eigenvalue weighted by Crippen LogP contribution is 2.37. The fraction of sp³-hybridized carbons (Fsp3) is 0.417. The van der Waals surface area contributed by atoms with Crippen LogP contribution in [0.3, 0.4) is 0 Å². The lowest BCUT2D eigenvalue weighted by Crippen LogP contribution is -2.26. The zero-order chi connectivity index (χ0) is 12.4. The third-order valence-corrected chi connectivity index (χ3v) is 4.47. The number of aliphatic hydroxyl groups is 1. The van der Waals surface area contributed by atoms with Crippen LogP contribution in [-0.4, -0.2) is 28.3 Å². The zero-order valence-corrected chi connectivity index (χ0v) is 11.4. The van der Waals surface area contributed by atoms with Crippen LogP contribution in [0.4, 0.5) is 5.69 Å². The molecule has 0 aliphatic carbocycles. The molecule has 0 saturated heterocycles. The van der Waals surface area contributed by atoms with Crippen molar-refractivity contribution >= 4 is 35.1 Å². The van der Waals surface area contributed by atoms with Gasteiger partial charge in [0.15, 0.2) is 0 Å². The third kappa shape index (κ3) is 2.78. The second-order valence-electron chi connectivity index (χ2n) is 3.98. The van der Waals surface area contributed by atoms with Gasteiger partial charge < -0.3 is 10.4 Å². The van der Waals surface area contributed by atoms with Crippen molar-refractivity contribution in [2.24, 2.45) is 0 Å². The van der Waals surface area contributed by atoms with Crippen LogP contribution >= 0.6 is 23.5 Å². The fourth-order valence-electron chi connectivity index (χ4n) is 1.69. The molecule has 0 bridgehead atoms. The zero-order valence-electron chi connectivity index (χ0n) is 9.77. The molecule has 0 radical (unpaired) electrons. The van der Waals surface area contributed by atoms with Crippen molar-refractivity contribution in [3.05, 3.63) is 23.8 Å². The summed E-state index contributed by atoms with van der Waals surface area (Å²) in [6, 6.07) is 5.76. The maximum atomic E-state index is 11.6. The van der Waals surface area contributed by atoms with Crippen LogP contribution < -0.4 is 5.32 Å². The minimum Gasteiger partial charge on any atom is -0.388 e. The molecular weight excluding hydrogens is 254 g/mol. The molecule has 5 heteroatoms. The largest absolute Gasteiger partial charge is 0.388 e. The molecule has 2 atom stereocenters. The van der Waals surface area contributed by atoms with Gasteiger partial charge in [-0.15, -0.1) is 11.8 Å². The highest BCUT2D eigenvalue weighted by Gasteiger charge is 2.23.